The third kappa shape index (κ3) is 10.9. The van der Waals surface area contributed by atoms with Crippen LogP contribution in [0.3, 0.4) is 0 Å². The molecule has 0 heterocycles. The molecule has 0 saturated carbocycles. The van der Waals surface area contributed by atoms with Gasteiger partial charge in [-0.25, -0.2) is 4.99 Å². The number of halogens is 1. The number of hydrogen-bond donors (Lipinski definition) is 0. The fraction of sp³-hybridized carbons (Fsp3) is 0.895. The number of alkyl halides is 1. The summed E-state index contributed by atoms with van der Waals surface area (Å²) in [7, 11) is 7.80. The highest BCUT2D eigenvalue weighted by Crippen LogP contribution is 2.28. The van der Waals surface area contributed by atoms with Crippen LogP contribution in [0, 0.1) is 0 Å². The van der Waals surface area contributed by atoms with Gasteiger partial charge in [0, 0.05) is 4.87 Å². The highest BCUT2D eigenvalue weighted by molar-refractivity contribution is 6.35. The van der Waals surface area contributed by atoms with Gasteiger partial charge in [-0.15, -0.1) is 11.6 Å². The Morgan fingerprint density at radius 1 is 1.17 bits per heavy atom. The van der Waals surface area contributed by atoms with Crippen LogP contribution in [0.2, 0.25) is 0 Å². The van der Waals surface area contributed by atoms with E-state index >= 15 is 0 Å². The third-order valence-electron chi connectivity index (χ3n) is 3.27. The van der Waals surface area contributed by atoms with E-state index in [-0.39, 0.29) is 10.4 Å². The molecule has 0 aromatic rings. The number of ether oxygens (including phenoxy) is 1. The number of methoxy groups -OCH3 is 1. The number of unbranched alkanes of at least 4 members (excludes halogenated alkanes) is 1. The summed E-state index contributed by atoms with van der Waals surface area (Å²) in [6.45, 7) is 15.4. The van der Waals surface area contributed by atoms with Gasteiger partial charge in [-0.05, 0) is 40.5 Å². The predicted octanol–water partition coefficient (Wildman–Crippen LogP) is 4.65. The van der Waals surface area contributed by atoms with Crippen LogP contribution in [0.1, 0.15) is 67.7 Å². The lowest BCUT2D eigenvalue weighted by molar-refractivity contribution is -0.468. The zero-order valence-electron chi connectivity index (χ0n) is 18.0. The lowest BCUT2D eigenvalue weighted by Gasteiger charge is -2.28. The molecular weight excluding hydrogens is 322 g/mol. The minimum Gasteiger partial charge on any atom is -0.475 e. The van der Waals surface area contributed by atoms with E-state index in [9.17, 15) is 0 Å². The molecule has 0 fully saturated rings. The number of hydrogen-bond acceptors (Lipinski definition) is 2. The summed E-state index contributed by atoms with van der Waals surface area (Å²) in [6, 6.07) is 0. The topological polar surface area (TPSA) is 27.8 Å². The molecule has 0 aromatic carbocycles. The van der Waals surface area contributed by atoms with Crippen LogP contribution < -0.4 is 0 Å². The molecule has 24 heavy (non-hydrogen) atoms. The van der Waals surface area contributed by atoms with Gasteiger partial charge in [-0.2, -0.15) is 0 Å². The van der Waals surface area contributed by atoms with Crippen molar-refractivity contribution in [2.75, 3.05) is 34.8 Å². The second-order valence-electron chi connectivity index (χ2n) is 7.32. The van der Waals surface area contributed by atoms with E-state index in [0.29, 0.717) is 5.90 Å². The molecule has 0 aliphatic heterocycles. The molecule has 0 aliphatic rings. The van der Waals surface area contributed by atoms with Crippen molar-refractivity contribution in [1.82, 2.24) is 4.90 Å². The molecule has 0 amide bonds. The SMILES string of the molecule is CC.CCCCN(C)C(C(=NC(C)(C)CC(C)(C)Cl)OC)=[N+](C)C. The summed E-state index contributed by atoms with van der Waals surface area (Å²) in [5.74, 6) is 1.66. The average Bonchev–Trinajstić information content (AvgIpc) is 2.43. The second-order valence-corrected chi connectivity index (χ2v) is 8.35. The molecule has 0 rings (SSSR count). The Morgan fingerprint density at radius 2 is 1.67 bits per heavy atom. The fourth-order valence-corrected chi connectivity index (χ4v) is 3.05. The van der Waals surface area contributed by atoms with Gasteiger partial charge in [0.25, 0.3) is 0 Å². The lowest BCUT2D eigenvalue weighted by Crippen LogP contribution is -2.42. The highest BCUT2D eigenvalue weighted by Gasteiger charge is 2.31. The number of amidine groups is 1. The Morgan fingerprint density at radius 3 is 2.00 bits per heavy atom. The second kappa shape index (κ2) is 11.7. The van der Waals surface area contributed by atoms with E-state index in [2.05, 4.69) is 37.3 Å². The molecule has 144 valence electrons. The van der Waals surface area contributed by atoms with Crippen molar-refractivity contribution < 1.29 is 9.31 Å². The molecule has 5 heteroatoms. The zero-order chi connectivity index (χ0) is 19.6. The van der Waals surface area contributed by atoms with Gasteiger partial charge >= 0.3 is 11.7 Å². The molecule has 0 radical (unpaired) electrons. The summed E-state index contributed by atoms with van der Waals surface area (Å²) in [5.41, 5.74) is -0.288. The number of likely N-dealkylation sites (N-methyl/N-ethyl adjacent to an activating group) is 1. The van der Waals surface area contributed by atoms with Gasteiger partial charge in [-0.3, -0.25) is 9.48 Å². The predicted molar refractivity (Wildman–Crippen MR) is 109 cm³/mol. The molecule has 0 unspecified atom stereocenters. The Kier molecular flexibility index (Phi) is 12.4. The van der Waals surface area contributed by atoms with Gasteiger partial charge in [0.05, 0.1) is 40.3 Å². The third-order valence-corrected chi connectivity index (χ3v) is 3.41. The maximum atomic E-state index is 6.38. The van der Waals surface area contributed by atoms with Crippen LogP contribution in [-0.2, 0) is 4.74 Å². The van der Waals surface area contributed by atoms with Gasteiger partial charge in [0.2, 0.25) is 0 Å². The van der Waals surface area contributed by atoms with Crippen molar-refractivity contribution in [3.63, 3.8) is 0 Å². The quantitative estimate of drug-likeness (QED) is 0.298. The molecule has 0 saturated heterocycles. The van der Waals surface area contributed by atoms with Gasteiger partial charge in [0.15, 0.2) is 0 Å². The van der Waals surface area contributed by atoms with Crippen LogP contribution >= 0.6 is 11.6 Å². The van der Waals surface area contributed by atoms with Gasteiger partial charge in [-0.1, -0.05) is 27.2 Å². The Hall–Kier alpha value is -0.770. The van der Waals surface area contributed by atoms with Gasteiger partial charge in [0.1, 0.15) is 0 Å². The normalized spacial score (nSPS) is 12.2. The molecule has 0 bridgehead atoms. The Labute approximate surface area is 155 Å². The van der Waals surface area contributed by atoms with E-state index in [1.807, 2.05) is 41.8 Å². The van der Waals surface area contributed by atoms with Crippen LogP contribution in [0.4, 0.5) is 0 Å². The molecule has 0 N–H and O–H groups in total. The van der Waals surface area contributed by atoms with Crippen LogP contribution in [0.15, 0.2) is 4.99 Å². The number of aliphatic imine (C=N–C) groups is 1. The van der Waals surface area contributed by atoms with E-state index < -0.39 is 0 Å². The summed E-state index contributed by atoms with van der Waals surface area (Å²) >= 11 is 6.38. The van der Waals surface area contributed by atoms with E-state index in [4.69, 9.17) is 21.3 Å². The highest BCUT2D eigenvalue weighted by atomic mass is 35.5. The monoisotopic (exact) mass is 362 g/mol. The Balaban J connectivity index is 0. The summed E-state index contributed by atoms with van der Waals surface area (Å²) in [4.78, 5) is 6.76. The molecular formula is C19H41ClN3O+. The van der Waals surface area contributed by atoms with Gasteiger partial charge < -0.3 is 4.74 Å². The largest absolute Gasteiger partial charge is 0.475 e. The first-order chi connectivity index (χ1) is 10.9. The molecule has 0 aromatic heterocycles. The zero-order valence-corrected chi connectivity index (χ0v) is 18.7. The number of rotatable bonds is 6. The minimum atomic E-state index is -0.293. The maximum Gasteiger partial charge on any atom is 0.334 e. The standard InChI is InChI=1S/C17H35ClN3O.C2H6/c1-10-11-12-21(8)15(20(6)7)14(22-9)19-17(4,5)13-16(2,3)18;1-2/h10-13H2,1-9H3;1-2H3/q+1;. The molecule has 0 atom stereocenters. The molecule has 4 nitrogen and oxygen atoms in total. The summed E-state index contributed by atoms with van der Waals surface area (Å²) < 4.78 is 7.67. The Bertz CT molecular complexity index is 405. The van der Waals surface area contributed by atoms with Crippen molar-refractivity contribution in [2.24, 2.45) is 4.99 Å². The van der Waals surface area contributed by atoms with Crippen molar-refractivity contribution in [3.05, 3.63) is 0 Å². The summed E-state index contributed by atoms with van der Waals surface area (Å²) in [6.07, 6.45) is 3.08. The molecule has 0 aliphatic carbocycles. The van der Waals surface area contributed by atoms with Crippen molar-refractivity contribution in [2.45, 2.75) is 78.1 Å². The summed E-state index contributed by atoms with van der Waals surface area (Å²) in [5, 5.41) is 0. The lowest BCUT2D eigenvalue weighted by atomic mass is 9.93. The first kappa shape index (κ1) is 25.5. The fourth-order valence-electron chi connectivity index (χ4n) is 2.73. The maximum absolute atomic E-state index is 6.38. The van der Waals surface area contributed by atoms with Crippen molar-refractivity contribution in [3.8, 4) is 0 Å². The van der Waals surface area contributed by atoms with Crippen molar-refractivity contribution in [1.29, 1.82) is 0 Å². The number of nitrogens with zero attached hydrogens (tertiary/aromatic N) is 3. The minimum absolute atomic E-state index is 0.288. The van der Waals surface area contributed by atoms with Crippen molar-refractivity contribution >= 4 is 23.3 Å². The van der Waals surface area contributed by atoms with Crippen LogP contribution in [0.25, 0.3) is 0 Å². The van der Waals surface area contributed by atoms with E-state index in [0.717, 1.165) is 31.6 Å². The smallest absolute Gasteiger partial charge is 0.334 e. The first-order valence-electron chi connectivity index (χ1n) is 9.02. The van der Waals surface area contributed by atoms with E-state index in [1.165, 1.54) is 0 Å². The average molecular weight is 363 g/mol. The van der Waals surface area contributed by atoms with E-state index in [1.54, 1.807) is 7.11 Å². The van der Waals surface area contributed by atoms with Crippen LogP contribution in [-0.4, -0.2) is 66.4 Å². The van der Waals surface area contributed by atoms with Crippen LogP contribution in [0.5, 0.6) is 0 Å². The molecule has 0 spiro atoms. The first-order valence-corrected chi connectivity index (χ1v) is 9.40.